The molecule has 0 bridgehead atoms. The second kappa shape index (κ2) is 11.8. The van der Waals surface area contributed by atoms with Gasteiger partial charge in [-0.25, -0.2) is 4.79 Å². The number of carbonyl (C=O) groups is 1. The van der Waals surface area contributed by atoms with E-state index < -0.39 is 14.4 Å². The fraction of sp³-hybridized carbons (Fsp3) is 0.952. The third kappa shape index (κ3) is 8.09. The second-order valence-corrected chi connectivity index (χ2v) is 14.5. The summed E-state index contributed by atoms with van der Waals surface area (Å²) in [5, 5.41) is 9.64. The summed E-state index contributed by atoms with van der Waals surface area (Å²) in [6.45, 7) is 14.4. The fourth-order valence-electron chi connectivity index (χ4n) is 3.36. The van der Waals surface area contributed by atoms with Crippen molar-refractivity contribution in [2.45, 2.75) is 83.0 Å². The molecule has 0 aromatic carbocycles. The van der Waals surface area contributed by atoms with E-state index >= 15 is 0 Å². The van der Waals surface area contributed by atoms with Crippen LogP contribution in [-0.2, 0) is 23.4 Å². The van der Waals surface area contributed by atoms with Crippen LogP contribution in [0.4, 0.5) is 4.79 Å². The van der Waals surface area contributed by atoms with Gasteiger partial charge >= 0.3 is 6.09 Å². The van der Waals surface area contributed by atoms with Crippen molar-refractivity contribution >= 4 is 14.4 Å². The van der Waals surface area contributed by atoms with Gasteiger partial charge in [-0.2, -0.15) is 0 Å². The van der Waals surface area contributed by atoms with Gasteiger partial charge in [-0.15, -0.1) is 0 Å². The Morgan fingerprint density at radius 2 is 1.83 bits per heavy atom. The molecular formula is C21H41NO7Si. The van der Waals surface area contributed by atoms with Gasteiger partial charge in [0.2, 0.25) is 0 Å². The maximum Gasteiger partial charge on any atom is 0.407 e. The lowest BCUT2D eigenvalue weighted by molar-refractivity contribution is -0.169. The zero-order valence-electron chi connectivity index (χ0n) is 19.4. The summed E-state index contributed by atoms with van der Waals surface area (Å²) >= 11 is 0. The molecule has 2 rings (SSSR count). The minimum Gasteiger partial charge on any atom is -0.465 e. The number of hydrogen-bond donors (Lipinski definition) is 1. The monoisotopic (exact) mass is 447 g/mol. The molecular weight excluding hydrogens is 406 g/mol. The molecule has 2 fully saturated rings. The Labute approximate surface area is 182 Å². The van der Waals surface area contributed by atoms with E-state index in [2.05, 4.69) is 33.9 Å². The Balaban J connectivity index is 1.62. The Bertz CT molecular complexity index is 520. The van der Waals surface area contributed by atoms with Crippen molar-refractivity contribution in [2.24, 2.45) is 0 Å². The molecule has 8 nitrogen and oxygen atoms in total. The van der Waals surface area contributed by atoms with Crippen molar-refractivity contribution in [1.82, 2.24) is 4.90 Å². The van der Waals surface area contributed by atoms with Gasteiger partial charge in [-0.05, 0) is 43.8 Å². The van der Waals surface area contributed by atoms with E-state index in [1.54, 1.807) is 0 Å². The third-order valence-corrected chi connectivity index (χ3v) is 10.8. The minimum atomic E-state index is -1.92. The summed E-state index contributed by atoms with van der Waals surface area (Å²) in [6.07, 6.45) is 2.74. The molecule has 30 heavy (non-hydrogen) atoms. The van der Waals surface area contributed by atoms with E-state index in [1.165, 1.54) is 4.90 Å². The van der Waals surface area contributed by atoms with E-state index in [4.69, 9.17) is 23.4 Å². The second-order valence-electron chi connectivity index (χ2n) is 9.67. The molecule has 0 aromatic rings. The van der Waals surface area contributed by atoms with E-state index in [0.29, 0.717) is 46.0 Å². The van der Waals surface area contributed by atoms with E-state index in [-0.39, 0.29) is 23.5 Å². The molecule has 0 spiro atoms. The van der Waals surface area contributed by atoms with E-state index in [9.17, 15) is 9.90 Å². The van der Waals surface area contributed by atoms with Gasteiger partial charge in [-0.1, -0.05) is 20.8 Å². The molecule has 0 aliphatic carbocycles. The van der Waals surface area contributed by atoms with Gasteiger partial charge < -0.3 is 33.4 Å². The molecule has 2 aliphatic heterocycles. The van der Waals surface area contributed by atoms with Crippen LogP contribution >= 0.6 is 0 Å². The summed E-state index contributed by atoms with van der Waals surface area (Å²) in [6, 6.07) is -0.161. The van der Waals surface area contributed by atoms with Crippen LogP contribution in [0.25, 0.3) is 0 Å². The van der Waals surface area contributed by atoms with Crippen LogP contribution in [0.2, 0.25) is 18.1 Å². The zero-order valence-corrected chi connectivity index (χ0v) is 20.4. The van der Waals surface area contributed by atoms with Crippen molar-refractivity contribution in [1.29, 1.82) is 0 Å². The summed E-state index contributed by atoms with van der Waals surface area (Å²) in [5.74, 6) is 0. The maximum atomic E-state index is 11.6. The van der Waals surface area contributed by atoms with Crippen molar-refractivity contribution in [3.8, 4) is 0 Å². The lowest BCUT2D eigenvalue weighted by Crippen LogP contribution is -2.45. The number of ether oxygens (including phenoxy) is 4. The number of carboxylic acid groups (broad SMARTS) is 1. The van der Waals surface area contributed by atoms with Crippen molar-refractivity contribution < 1.29 is 33.3 Å². The highest BCUT2D eigenvalue weighted by atomic mass is 28.4. The highest BCUT2D eigenvalue weighted by molar-refractivity contribution is 6.74. The van der Waals surface area contributed by atoms with Gasteiger partial charge in [0.05, 0.1) is 51.7 Å². The van der Waals surface area contributed by atoms with Crippen LogP contribution in [0.3, 0.4) is 0 Å². The number of likely N-dealkylation sites (tertiary alicyclic amines) is 1. The predicted molar refractivity (Wildman–Crippen MR) is 116 cm³/mol. The van der Waals surface area contributed by atoms with Gasteiger partial charge in [0, 0.05) is 6.61 Å². The van der Waals surface area contributed by atoms with Gasteiger partial charge in [0.15, 0.2) is 14.6 Å². The normalized spacial score (nSPS) is 25.6. The SMILES string of the molecule is CC(C)(C)[Si](C)(C)OC[C@@H]1C[C@@H](OCCOCCOC2CCCCO2)CN1C(=O)O. The molecule has 2 saturated heterocycles. The standard InChI is InChI=1S/C21H41NO7Si/c1-21(2,3)30(4,5)29-16-17-14-18(15-22(17)20(23)24)26-12-10-25-11-13-28-19-8-6-7-9-27-19/h17-19H,6-16H2,1-5H3,(H,23,24)/t17-,18+,19?/m0/s1. The van der Waals surface area contributed by atoms with Crippen LogP contribution in [0.1, 0.15) is 46.5 Å². The fourth-order valence-corrected chi connectivity index (χ4v) is 4.41. The summed E-state index contributed by atoms with van der Waals surface area (Å²) < 4.78 is 28.8. The number of rotatable bonds is 11. The average molecular weight is 448 g/mol. The summed E-state index contributed by atoms with van der Waals surface area (Å²) in [4.78, 5) is 13.1. The topological polar surface area (TPSA) is 86.7 Å². The largest absolute Gasteiger partial charge is 0.465 e. The van der Waals surface area contributed by atoms with E-state index in [0.717, 1.165) is 25.9 Å². The first-order valence-corrected chi connectivity index (χ1v) is 14.1. The van der Waals surface area contributed by atoms with Gasteiger partial charge in [0.1, 0.15) is 0 Å². The zero-order chi connectivity index (χ0) is 22.2. The molecule has 1 amide bonds. The van der Waals surface area contributed by atoms with Crippen LogP contribution in [0.15, 0.2) is 0 Å². The van der Waals surface area contributed by atoms with Gasteiger partial charge in [0.25, 0.3) is 0 Å². The number of nitrogens with zero attached hydrogens (tertiary/aromatic N) is 1. The van der Waals surface area contributed by atoms with Crippen LogP contribution in [0.5, 0.6) is 0 Å². The molecule has 2 heterocycles. The third-order valence-electron chi connectivity index (χ3n) is 6.32. The molecule has 0 saturated carbocycles. The molecule has 0 aromatic heterocycles. The van der Waals surface area contributed by atoms with Gasteiger partial charge in [-0.3, -0.25) is 0 Å². The Hall–Kier alpha value is -0.713. The van der Waals surface area contributed by atoms with Crippen molar-refractivity contribution in [3.05, 3.63) is 0 Å². The quantitative estimate of drug-likeness (QED) is 0.382. The van der Waals surface area contributed by atoms with Crippen molar-refractivity contribution in [2.75, 3.05) is 46.2 Å². The molecule has 0 radical (unpaired) electrons. The van der Waals surface area contributed by atoms with Crippen molar-refractivity contribution in [3.63, 3.8) is 0 Å². The molecule has 9 heteroatoms. The lowest BCUT2D eigenvalue weighted by atomic mass is 10.2. The van der Waals surface area contributed by atoms with Crippen LogP contribution in [0, 0.1) is 0 Å². The molecule has 176 valence electrons. The Morgan fingerprint density at radius 3 is 2.43 bits per heavy atom. The first-order chi connectivity index (χ1) is 14.1. The maximum absolute atomic E-state index is 11.6. The molecule has 1 unspecified atom stereocenters. The average Bonchev–Trinajstić information content (AvgIpc) is 3.09. The first kappa shape index (κ1) is 25.5. The van der Waals surface area contributed by atoms with Crippen LogP contribution in [-0.4, -0.2) is 89.0 Å². The Kier molecular flexibility index (Phi) is 10.0. The minimum absolute atomic E-state index is 0.0930. The number of hydrogen-bond acceptors (Lipinski definition) is 6. The molecule has 3 atom stereocenters. The first-order valence-electron chi connectivity index (χ1n) is 11.2. The van der Waals surface area contributed by atoms with E-state index in [1.807, 2.05) is 0 Å². The smallest absolute Gasteiger partial charge is 0.407 e. The lowest BCUT2D eigenvalue weighted by Gasteiger charge is -2.37. The Morgan fingerprint density at radius 1 is 1.13 bits per heavy atom. The number of amides is 1. The van der Waals surface area contributed by atoms with Crippen LogP contribution < -0.4 is 0 Å². The molecule has 1 N–H and O–H groups in total. The highest BCUT2D eigenvalue weighted by Crippen LogP contribution is 2.37. The summed E-state index contributed by atoms with van der Waals surface area (Å²) in [5.41, 5.74) is 0. The summed E-state index contributed by atoms with van der Waals surface area (Å²) in [7, 11) is -1.92. The molecule has 2 aliphatic rings. The highest BCUT2D eigenvalue weighted by Gasteiger charge is 2.41. The predicted octanol–water partition coefficient (Wildman–Crippen LogP) is 3.71.